The highest BCUT2D eigenvalue weighted by molar-refractivity contribution is 5.19. The van der Waals surface area contributed by atoms with Gasteiger partial charge in [-0.1, -0.05) is 13.8 Å². The fraction of sp³-hybridized carbons (Fsp3) is 0.625. The molecule has 0 fully saturated rings. The molecule has 0 saturated heterocycles. The molecular weight excluding hydrogens is 154 g/mol. The van der Waals surface area contributed by atoms with Gasteiger partial charge in [-0.2, -0.15) is 0 Å². The minimum atomic E-state index is -0.126. The van der Waals surface area contributed by atoms with Crippen LogP contribution in [-0.2, 0) is 10.3 Å². The summed E-state index contributed by atoms with van der Waals surface area (Å²) in [5, 5.41) is 0. The van der Waals surface area contributed by atoms with Crippen molar-refractivity contribution in [2.75, 3.05) is 6.61 Å². The van der Waals surface area contributed by atoms with E-state index in [0.29, 0.717) is 6.61 Å². The van der Waals surface area contributed by atoms with Crippen molar-refractivity contribution in [2.45, 2.75) is 26.2 Å². The largest absolute Gasteiger partial charge is 0.348 e. The molecule has 3 N–H and O–H groups in total. The molecule has 1 rings (SSSR count). The Hall–Kier alpha value is -0.870. The highest BCUT2D eigenvalue weighted by Gasteiger charge is 2.24. The Balaban J connectivity index is 2.88. The molecule has 12 heavy (non-hydrogen) atoms. The van der Waals surface area contributed by atoms with Gasteiger partial charge in [-0.3, -0.25) is 0 Å². The van der Waals surface area contributed by atoms with Crippen LogP contribution in [0.15, 0.2) is 6.33 Å². The lowest BCUT2D eigenvalue weighted by molar-refractivity contribution is 0.0948. The molecular formula is C8H15N3O. The number of aromatic nitrogens is 2. The van der Waals surface area contributed by atoms with Gasteiger partial charge in [-0.15, -0.1) is 0 Å². The first-order chi connectivity index (χ1) is 5.58. The summed E-state index contributed by atoms with van der Waals surface area (Å²) in [5.41, 5.74) is 1.95. The van der Waals surface area contributed by atoms with E-state index in [2.05, 4.69) is 14.8 Å². The average molecular weight is 169 g/mol. The third kappa shape index (κ3) is 1.65. The summed E-state index contributed by atoms with van der Waals surface area (Å²) < 4.78 is 0. The minimum Gasteiger partial charge on any atom is -0.348 e. The molecule has 4 heteroatoms. The molecule has 0 atom stereocenters. The van der Waals surface area contributed by atoms with Crippen molar-refractivity contribution in [1.82, 2.24) is 9.97 Å². The van der Waals surface area contributed by atoms with Gasteiger partial charge in [0.15, 0.2) is 0 Å². The number of aryl methyl sites for hydroxylation is 1. The fourth-order valence-corrected chi connectivity index (χ4v) is 1.32. The SMILES string of the molecule is Cc1[nH]cnc1C(C)(C)CON. The summed E-state index contributed by atoms with van der Waals surface area (Å²) in [4.78, 5) is 11.9. The second kappa shape index (κ2) is 3.25. The quantitative estimate of drug-likeness (QED) is 0.660. The van der Waals surface area contributed by atoms with Crippen LogP contribution in [0.2, 0.25) is 0 Å². The second-order valence-corrected chi connectivity index (χ2v) is 3.57. The summed E-state index contributed by atoms with van der Waals surface area (Å²) >= 11 is 0. The third-order valence-electron chi connectivity index (χ3n) is 1.92. The molecule has 68 valence electrons. The number of aromatic amines is 1. The van der Waals surface area contributed by atoms with Gasteiger partial charge >= 0.3 is 0 Å². The topological polar surface area (TPSA) is 63.9 Å². The van der Waals surface area contributed by atoms with Gasteiger partial charge in [-0.05, 0) is 6.92 Å². The Kier molecular flexibility index (Phi) is 2.49. The summed E-state index contributed by atoms with van der Waals surface area (Å²) in [6, 6.07) is 0. The third-order valence-corrected chi connectivity index (χ3v) is 1.92. The molecule has 0 unspecified atom stereocenters. The Labute approximate surface area is 72.1 Å². The van der Waals surface area contributed by atoms with Crippen LogP contribution in [0.4, 0.5) is 0 Å². The zero-order valence-electron chi connectivity index (χ0n) is 7.72. The number of rotatable bonds is 3. The van der Waals surface area contributed by atoms with Gasteiger partial charge in [0.2, 0.25) is 0 Å². The van der Waals surface area contributed by atoms with Crippen LogP contribution in [0.5, 0.6) is 0 Å². The Morgan fingerprint density at radius 2 is 2.33 bits per heavy atom. The average Bonchev–Trinajstić information content (AvgIpc) is 2.35. The van der Waals surface area contributed by atoms with Crippen LogP contribution < -0.4 is 5.90 Å². The smallest absolute Gasteiger partial charge is 0.0925 e. The zero-order chi connectivity index (χ0) is 9.19. The van der Waals surface area contributed by atoms with E-state index < -0.39 is 0 Å². The summed E-state index contributed by atoms with van der Waals surface area (Å²) in [6.07, 6.45) is 1.68. The monoisotopic (exact) mass is 169 g/mol. The van der Waals surface area contributed by atoms with Crippen molar-refractivity contribution in [3.05, 3.63) is 17.7 Å². The van der Waals surface area contributed by atoms with Crippen LogP contribution in [0.1, 0.15) is 25.2 Å². The van der Waals surface area contributed by atoms with E-state index in [4.69, 9.17) is 5.90 Å². The zero-order valence-corrected chi connectivity index (χ0v) is 7.72. The van der Waals surface area contributed by atoms with Gasteiger partial charge in [0.25, 0.3) is 0 Å². The predicted octanol–water partition coefficient (Wildman–Crippen LogP) is 0.886. The molecule has 1 aromatic heterocycles. The van der Waals surface area contributed by atoms with Crippen molar-refractivity contribution in [1.29, 1.82) is 0 Å². The van der Waals surface area contributed by atoms with Crippen LogP contribution in [0, 0.1) is 6.92 Å². The summed E-state index contributed by atoms with van der Waals surface area (Å²) in [6.45, 7) is 6.55. The van der Waals surface area contributed by atoms with Gasteiger partial charge < -0.3 is 9.82 Å². The molecule has 0 aliphatic carbocycles. The molecule has 4 nitrogen and oxygen atoms in total. The van der Waals surface area contributed by atoms with Crippen LogP contribution >= 0.6 is 0 Å². The van der Waals surface area contributed by atoms with Crippen molar-refractivity contribution in [3.63, 3.8) is 0 Å². The first-order valence-corrected chi connectivity index (χ1v) is 3.90. The Morgan fingerprint density at radius 3 is 2.75 bits per heavy atom. The molecule has 1 aromatic rings. The van der Waals surface area contributed by atoms with E-state index in [1.807, 2.05) is 20.8 Å². The van der Waals surface area contributed by atoms with Crippen molar-refractivity contribution in [2.24, 2.45) is 5.90 Å². The van der Waals surface area contributed by atoms with E-state index in [1.165, 1.54) is 0 Å². The number of imidazole rings is 1. The maximum Gasteiger partial charge on any atom is 0.0925 e. The number of hydrogen-bond donors (Lipinski definition) is 2. The number of nitrogens with zero attached hydrogens (tertiary/aromatic N) is 1. The Bertz CT molecular complexity index is 255. The lowest BCUT2D eigenvalue weighted by Gasteiger charge is -2.21. The molecule has 0 radical (unpaired) electrons. The number of nitrogens with one attached hydrogen (secondary N) is 1. The Morgan fingerprint density at radius 1 is 1.67 bits per heavy atom. The maximum atomic E-state index is 5.03. The van der Waals surface area contributed by atoms with Crippen LogP contribution in [-0.4, -0.2) is 16.6 Å². The molecule has 0 aromatic carbocycles. The number of nitrogens with two attached hydrogens (primary N) is 1. The lowest BCUT2D eigenvalue weighted by atomic mass is 9.89. The standard InChI is InChI=1S/C8H15N3O/c1-6-7(11-5-10-6)8(2,3)4-12-9/h5H,4,9H2,1-3H3,(H,10,11). The molecule has 0 amide bonds. The molecule has 0 aliphatic rings. The van der Waals surface area contributed by atoms with E-state index in [-0.39, 0.29) is 5.41 Å². The van der Waals surface area contributed by atoms with Crippen LogP contribution in [0.3, 0.4) is 0 Å². The predicted molar refractivity (Wildman–Crippen MR) is 46.5 cm³/mol. The van der Waals surface area contributed by atoms with Crippen molar-refractivity contribution >= 4 is 0 Å². The lowest BCUT2D eigenvalue weighted by Crippen LogP contribution is -2.27. The van der Waals surface area contributed by atoms with Gasteiger partial charge in [0.1, 0.15) is 0 Å². The van der Waals surface area contributed by atoms with E-state index in [9.17, 15) is 0 Å². The normalized spacial score (nSPS) is 12.0. The van der Waals surface area contributed by atoms with E-state index in [1.54, 1.807) is 6.33 Å². The molecule has 0 spiro atoms. The molecule has 0 bridgehead atoms. The van der Waals surface area contributed by atoms with Crippen molar-refractivity contribution in [3.8, 4) is 0 Å². The van der Waals surface area contributed by atoms with Gasteiger partial charge in [-0.25, -0.2) is 10.9 Å². The molecule has 0 saturated carbocycles. The minimum absolute atomic E-state index is 0.126. The summed E-state index contributed by atoms with van der Waals surface area (Å²) in [5.74, 6) is 5.03. The molecule has 1 heterocycles. The second-order valence-electron chi connectivity index (χ2n) is 3.57. The van der Waals surface area contributed by atoms with E-state index >= 15 is 0 Å². The number of H-pyrrole nitrogens is 1. The highest BCUT2D eigenvalue weighted by Crippen LogP contribution is 2.22. The van der Waals surface area contributed by atoms with Gasteiger partial charge in [0, 0.05) is 11.1 Å². The van der Waals surface area contributed by atoms with Crippen LogP contribution in [0.25, 0.3) is 0 Å². The first kappa shape index (κ1) is 9.22. The van der Waals surface area contributed by atoms with E-state index in [0.717, 1.165) is 11.4 Å². The molecule has 0 aliphatic heterocycles. The fourth-order valence-electron chi connectivity index (χ4n) is 1.32. The number of hydrogen-bond acceptors (Lipinski definition) is 3. The highest BCUT2D eigenvalue weighted by atomic mass is 16.6. The maximum absolute atomic E-state index is 5.03. The van der Waals surface area contributed by atoms with Gasteiger partial charge in [0.05, 0.1) is 18.6 Å². The van der Waals surface area contributed by atoms with Crippen molar-refractivity contribution < 1.29 is 4.84 Å². The first-order valence-electron chi connectivity index (χ1n) is 3.90. The summed E-state index contributed by atoms with van der Waals surface area (Å²) in [7, 11) is 0.